The molecule has 0 aliphatic heterocycles. The van der Waals surface area contributed by atoms with Crippen molar-refractivity contribution in [3.63, 3.8) is 0 Å². The lowest BCUT2D eigenvalue weighted by molar-refractivity contribution is -0.137. The van der Waals surface area contributed by atoms with Gasteiger partial charge >= 0.3 is 5.97 Å². The number of carbonyl (C=O) groups excluding carboxylic acids is 1. The van der Waals surface area contributed by atoms with E-state index in [1.165, 1.54) is 0 Å². The molecule has 0 fully saturated rings. The molecule has 0 aliphatic carbocycles. The largest absolute Gasteiger partial charge is 0.481 e. The molecule has 0 aliphatic rings. The highest BCUT2D eigenvalue weighted by Crippen LogP contribution is 2.02. The highest BCUT2D eigenvalue weighted by atomic mass is 16.4. The Morgan fingerprint density at radius 1 is 1.50 bits per heavy atom. The number of carboxylic acid groups (broad SMARTS) is 1. The average molecular weight is 253 g/mol. The first-order valence-electron chi connectivity index (χ1n) is 5.90. The maximum absolute atomic E-state index is 11.6. The van der Waals surface area contributed by atoms with Crippen LogP contribution in [0.1, 0.15) is 31.2 Å². The second-order valence-corrected chi connectivity index (χ2v) is 4.47. The molecule has 0 aromatic carbocycles. The van der Waals surface area contributed by atoms with Gasteiger partial charge in [-0.05, 0) is 26.8 Å². The van der Waals surface area contributed by atoms with Crippen LogP contribution in [0.3, 0.4) is 0 Å². The Kier molecular flexibility index (Phi) is 4.88. The molecule has 0 spiro atoms. The van der Waals surface area contributed by atoms with Gasteiger partial charge in [-0.3, -0.25) is 14.3 Å². The molecule has 0 radical (unpaired) electrons. The summed E-state index contributed by atoms with van der Waals surface area (Å²) < 4.78 is 1.77. The summed E-state index contributed by atoms with van der Waals surface area (Å²) in [7, 11) is 0. The van der Waals surface area contributed by atoms with Crippen molar-refractivity contribution in [1.29, 1.82) is 0 Å². The van der Waals surface area contributed by atoms with Gasteiger partial charge in [-0.2, -0.15) is 5.10 Å². The van der Waals surface area contributed by atoms with Crippen molar-refractivity contribution in [1.82, 2.24) is 15.1 Å². The molecule has 1 atom stereocenters. The number of carbonyl (C=O) groups is 2. The molecule has 0 saturated heterocycles. The summed E-state index contributed by atoms with van der Waals surface area (Å²) in [5, 5.41) is 15.5. The van der Waals surface area contributed by atoms with Crippen LogP contribution in [0, 0.1) is 13.8 Å². The maximum Gasteiger partial charge on any atom is 0.305 e. The Bertz CT molecular complexity index is 440. The van der Waals surface area contributed by atoms with E-state index in [1.54, 1.807) is 11.6 Å². The van der Waals surface area contributed by atoms with E-state index in [0.29, 0.717) is 13.0 Å². The molecule has 1 rings (SSSR count). The van der Waals surface area contributed by atoms with E-state index in [4.69, 9.17) is 5.11 Å². The minimum Gasteiger partial charge on any atom is -0.481 e. The van der Waals surface area contributed by atoms with Gasteiger partial charge in [0, 0.05) is 24.7 Å². The van der Waals surface area contributed by atoms with Gasteiger partial charge in [0.15, 0.2) is 0 Å². The third-order valence-electron chi connectivity index (χ3n) is 2.54. The first kappa shape index (κ1) is 14.2. The first-order chi connectivity index (χ1) is 8.38. The highest BCUT2D eigenvalue weighted by molar-refractivity contribution is 5.77. The monoisotopic (exact) mass is 253 g/mol. The minimum absolute atomic E-state index is 0.0638. The van der Waals surface area contributed by atoms with Crippen molar-refractivity contribution in [2.45, 2.75) is 46.2 Å². The van der Waals surface area contributed by atoms with E-state index >= 15 is 0 Å². The Hall–Kier alpha value is -1.85. The van der Waals surface area contributed by atoms with Gasteiger partial charge in [-0.25, -0.2) is 0 Å². The first-order valence-corrected chi connectivity index (χ1v) is 5.90. The quantitative estimate of drug-likeness (QED) is 0.787. The van der Waals surface area contributed by atoms with E-state index in [0.717, 1.165) is 11.4 Å². The Morgan fingerprint density at radius 2 is 2.17 bits per heavy atom. The fraction of sp³-hybridized carbons (Fsp3) is 0.583. The smallest absolute Gasteiger partial charge is 0.305 e. The number of hydrogen-bond donors (Lipinski definition) is 2. The van der Waals surface area contributed by atoms with Crippen LogP contribution in [0.5, 0.6) is 0 Å². The van der Waals surface area contributed by atoms with Crippen LogP contribution in [0.15, 0.2) is 6.07 Å². The predicted molar refractivity (Wildman–Crippen MR) is 66.2 cm³/mol. The highest BCUT2D eigenvalue weighted by Gasteiger charge is 2.11. The molecule has 1 amide bonds. The zero-order valence-electron chi connectivity index (χ0n) is 10.9. The summed E-state index contributed by atoms with van der Waals surface area (Å²) in [6.07, 6.45) is 0.234. The van der Waals surface area contributed by atoms with Crippen molar-refractivity contribution >= 4 is 11.9 Å². The van der Waals surface area contributed by atoms with Gasteiger partial charge in [-0.15, -0.1) is 0 Å². The number of amides is 1. The molecule has 1 aromatic heterocycles. The summed E-state index contributed by atoms with van der Waals surface area (Å²) in [5.74, 6) is -1.07. The lowest BCUT2D eigenvalue weighted by Gasteiger charge is -2.11. The third kappa shape index (κ3) is 4.57. The standard InChI is InChI=1S/C12H19N3O3/c1-8(7-12(17)18)13-11(16)4-5-15-10(3)6-9(2)14-15/h6,8H,4-5,7H2,1-3H3,(H,13,16)(H,17,18). The molecule has 18 heavy (non-hydrogen) atoms. The van der Waals surface area contributed by atoms with Crippen LogP contribution in [0.2, 0.25) is 0 Å². The van der Waals surface area contributed by atoms with Crippen molar-refractivity contribution < 1.29 is 14.7 Å². The molecular weight excluding hydrogens is 234 g/mol. The van der Waals surface area contributed by atoms with Crippen molar-refractivity contribution in [2.75, 3.05) is 0 Å². The van der Waals surface area contributed by atoms with E-state index in [9.17, 15) is 9.59 Å². The van der Waals surface area contributed by atoms with Crippen LogP contribution in [-0.2, 0) is 16.1 Å². The van der Waals surface area contributed by atoms with E-state index in [1.807, 2.05) is 19.9 Å². The summed E-state index contributed by atoms with van der Waals surface area (Å²) in [6, 6.07) is 1.60. The second kappa shape index (κ2) is 6.18. The number of nitrogens with zero attached hydrogens (tertiary/aromatic N) is 2. The zero-order chi connectivity index (χ0) is 13.7. The summed E-state index contributed by atoms with van der Waals surface area (Å²) in [4.78, 5) is 22.0. The fourth-order valence-corrected chi connectivity index (χ4v) is 1.77. The number of rotatable bonds is 6. The van der Waals surface area contributed by atoms with Gasteiger partial charge < -0.3 is 10.4 Å². The van der Waals surface area contributed by atoms with Gasteiger partial charge in [0.2, 0.25) is 5.91 Å². The van der Waals surface area contributed by atoms with E-state index in [2.05, 4.69) is 10.4 Å². The number of aryl methyl sites for hydroxylation is 3. The summed E-state index contributed by atoms with van der Waals surface area (Å²) in [5.41, 5.74) is 1.94. The van der Waals surface area contributed by atoms with Crippen LogP contribution in [0.4, 0.5) is 0 Å². The van der Waals surface area contributed by atoms with Crippen molar-refractivity contribution in [2.24, 2.45) is 0 Å². The molecule has 100 valence electrons. The molecule has 1 aromatic rings. The predicted octanol–water partition coefficient (Wildman–Crippen LogP) is 0.869. The lowest BCUT2D eigenvalue weighted by Crippen LogP contribution is -2.34. The van der Waals surface area contributed by atoms with E-state index in [-0.39, 0.29) is 18.4 Å². The fourth-order valence-electron chi connectivity index (χ4n) is 1.77. The topological polar surface area (TPSA) is 84.2 Å². The molecule has 1 heterocycles. The average Bonchev–Trinajstić information content (AvgIpc) is 2.53. The van der Waals surface area contributed by atoms with Crippen LogP contribution in [0.25, 0.3) is 0 Å². The van der Waals surface area contributed by atoms with Gasteiger partial charge in [0.25, 0.3) is 0 Å². The lowest BCUT2D eigenvalue weighted by atomic mass is 10.2. The normalized spacial score (nSPS) is 12.2. The molecule has 0 saturated carbocycles. The zero-order valence-corrected chi connectivity index (χ0v) is 10.9. The van der Waals surface area contributed by atoms with Crippen molar-refractivity contribution in [3.05, 3.63) is 17.5 Å². The van der Waals surface area contributed by atoms with Gasteiger partial charge in [0.05, 0.1) is 12.1 Å². The molecule has 2 N–H and O–H groups in total. The number of aromatic nitrogens is 2. The maximum atomic E-state index is 11.6. The van der Waals surface area contributed by atoms with Crippen molar-refractivity contribution in [3.8, 4) is 0 Å². The summed E-state index contributed by atoms with van der Waals surface area (Å²) >= 11 is 0. The SMILES string of the molecule is Cc1cc(C)n(CCC(=O)NC(C)CC(=O)O)n1. The van der Waals surface area contributed by atoms with Crippen LogP contribution < -0.4 is 5.32 Å². The molecule has 1 unspecified atom stereocenters. The molecule has 6 nitrogen and oxygen atoms in total. The molecular formula is C12H19N3O3. The van der Waals surface area contributed by atoms with E-state index < -0.39 is 5.97 Å². The van der Waals surface area contributed by atoms with Gasteiger partial charge in [-0.1, -0.05) is 0 Å². The molecule has 6 heteroatoms. The second-order valence-electron chi connectivity index (χ2n) is 4.47. The summed E-state index contributed by atoms with van der Waals surface area (Å²) in [6.45, 7) is 6.02. The van der Waals surface area contributed by atoms with Gasteiger partial charge in [0.1, 0.15) is 0 Å². The Labute approximate surface area is 106 Å². The van der Waals surface area contributed by atoms with Crippen LogP contribution in [-0.4, -0.2) is 32.8 Å². The Balaban J connectivity index is 2.37. The molecule has 0 bridgehead atoms. The minimum atomic E-state index is -0.915. The third-order valence-corrected chi connectivity index (χ3v) is 2.54. The number of hydrogen-bond acceptors (Lipinski definition) is 3. The number of nitrogens with one attached hydrogen (secondary N) is 1. The number of carboxylic acids is 1. The number of aliphatic carboxylic acids is 1. The Morgan fingerprint density at radius 3 is 2.67 bits per heavy atom. The van der Waals surface area contributed by atoms with Crippen LogP contribution >= 0.6 is 0 Å².